The molecule has 0 aliphatic rings. The van der Waals surface area contributed by atoms with E-state index in [9.17, 15) is 0 Å². The summed E-state index contributed by atoms with van der Waals surface area (Å²) in [6.45, 7) is 7.52. The van der Waals surface area contributed by atoms with Crippen molar-refractivity contribution in [3.8, 4) is 0 Å². The van der Waals surface area contributed by atoms with Crippen LogP contribution in [0.15, 0.2) is 30.3 Å². The maximum atomic E-state index is 5.25. The molecule has 4 nitrogen and oxygen atoms in total. The van der Waals surface area contributed by atoms with Crippen LogP contribution in [-0.2, 0) is 37.4 Å². The molecule has 1 N–H and O–H groups in total. The topological polar surface area (TPSA) is 39.1 Å². The fourth-order valence-corrected chi connectivity index (χ4v) is 2.46. The second kappa shape index (κ2) is 7.96. The maximum absolute atomic E-state index is 5.25. The van der Waals surface area contributed by atoms with Gasteiger partial charge >= 0.3 is 0 Å². The summed E-state index contributed by atoms with van der Waals surface area (Å²) < 4.78 is 7.32. The lowest BCUT2D eigenvalue weighted by molar-refractivity contribution is 0.184. The summed E-state index contributed by atoms with van der Waals surface area (Å²) in [5, 5.41) is 8.09. The predicted molar refractivity (Wildman–Crippen MR) is 85.0 cm³/mol. The Morgan fingerprint density at radius 2 is 1.90 bits per heavy atom. The first kappa shape index (κ1) is 15.7. The summed E-state index contributed by atoms with van der Waals surface area (Å²) in [5.41, 5.74) is 4.94. The molecule has 1 aromatic heterocycles. The van der Waals surface area contributed by atoms with E-state index in [0.29, 0.717) is 6.61 Å². The van der Waals surface area contributed by atoms with E-state index >= 15 is 0 Å². The highest BCUT2D eigenvalue weighted by molar-refractivity contribution is 5.26. The molecule has 1 heterocycles. The van der Waals surface area contributed by atoms with E-state index in [1.54, 1.807) is 7.11 Å². The molecule has 0 spiro atoms. The first-order valence-corrected chi connectivity index (χ1v) is 7.60. The highest BCUT2D eigenvalue weighted by Crippen LogP contribution is 2.11. The van der Waals surface area contributed by atoms with Crippen LogP contribution in [0.25, 0.3) is 0 Å². The molecule has 0 aliphatic carbocycles. The van der Waals surface area contributed by atoms with Gasteiger partial charge in [-0.3, -0.25) is 4.68 Å². The van der Waals surface area contributed by atoms with Crippen molar-refractivity contribution in [3.63, 3.8) is 0 Å². The third-order valence-corrected chi connectivity index (χ3v) is 3.62. The second-order valence-electron chi connectivity index (χ2n) is 5.10. The summed E-state index contributed by atoms with van der Waals surface area (Å²) in [6, 6.07) is 10.6. The van der Waals surface area contributed by atoms with Crippen LogP contribution in [0, 0.1) is 0 Å². The zero-order valence-corrected chi connectivity index (χ0v) is 13.2. The largest absolute Gasteiger partial charge is 0.380 e. The van der Waals surface area contributed by atoms with Crippen LogP contribution in [0.1, 0.15) is 36.4 Å². The number of benzene rings is 1. The van der Waals surface area contributed by atoms with Gasteiger partial charge in [-0.25, -0.2) is 0 Å². The van der Waals surface area contributed by atoms with Crippen molar-refractivity contribution in [2.24, 2.45) is 0 Å². The lowest BCUT2D eigenvalue weighted by Crippen LogP contribution is -2.17. The minimum absolute atomic E-state index is 0.657. The van der Waals surface area contributed by atoms with Crippen molar-refractivity contribution >= 4 is 0 Å². The van der Waals surface area contributed by atoms with Gasteiger partial charge in [0.1, 0.15) is 0 Å². The van der Waals surface area contributed by atoms with Gasteiger partial charge in [0.05, 0.1) is 18.0 Å². The van der Waals surface area contributed by atoms with Crippen LogP contribution >= 0.6 is 0 Å². The van der Waals surface area contributed by atoms with Crippen LogP contribution < -0.4 is 5.32 Å². The molecule has 0 fully saturated rings. The molecule has 0 bridgehead atoms. The number of ether oxygens (including phenoxy) is 1. The molecule has 2 rings (SSSR count). The summed E-state index contributed by atoms with van der Waals surface area (Å²) in [4.78, 5) is 0. The predicted octanol–water partition coefficient (Wildman–Crippen LogP) is 2.90. The highest BCUT2D eigenvalue weighted by atomic mass is 16.5. The molecule has 1 aromatic carbocycles. The van der Waals surface area contributed by atoms with Crippen LogP contribution in [0.4, 0.5) is 0 Å². The lowest BCUT2D eigenvalue weighted by atomic mass is 10.1. The zero-order chi connectivity index (χ0) is 15.1. The minimum atomic E-state index is 0.657. The van der Waals surface area contributed by atoms with Gasteiger partial charge in [-0.15, -0.1) is 0 Å². The molecule has 0 aliphatic heterocycles. The van der Waals surface area contributed by atoms with Crippen molar-refractivity contribution in [1.29, 1.82) is 0 Å². The Morgan fingerprint density at radius 3 is 2.57 bits per heavy atom. The van der Waals surface area contributed by atoms with Gasteiger partial charge in [0.15, 0.2) is 0 Å². The molecular formula is C17H25N3O. The number of nitrogens with one attached hydrogen (secondary N) is 1. The van der Waals surface area contributed by atoms with E-state index in [1.807, 2.05) is 0 Å². The van der Waals surface area contributed by atoms with E-state index in [0.717, 1.165) is 31.7 Å². The van der Waals surface area contributed by atoms with Crippen LogP contribution in [0.2, 0.25) is 0 Å². The summed E-state index contributed by atoms with van der Waals surface area (Å²) in [6.07, 6.45) is 0.983. The number of aromatic nitrogens is 2. The molecule has 21 heavy (non-hydrogen) atoms. The Hall–Kier alpha value is -1.65. The van der Waals surface area contributed by atoms with Crippen molar-refractivity contribution in [1.82, 2.24) is 15.1 Å². The van der Waals surface area contributed by atoms with Crippen molar-refractivity contribution in [2.75, 3.05) is 7.11 Å². The van der Waals surface area contributed by atoms with E-state index in [4.69, 9.17) is 4.74 Å². The van der Waals surface area contributed by atoms with Crippen LogP contribution in [-0.4, -0.2) is 16.9 Å². The Balaban J connectivity index is 1.97. The average molecular weight is 287 g/mol. The van der Waals surface area contributed by atoms with Gasteiger partial charge in [0, 0.05) is 26.7 Å². The van der Waals surface area contributed by atoms with Crippen molar-refractivity contribution < 1.29 is 4.74 Å². The zero-order valence-electron chi connectivity index (χ0n) is 13.2. The summed E-state index contributed by atoms with van der Waals surface area (Å²) in [5.74, 6) is 0. The minimum Gasteiger partial charge on any atom is -0.380 e. The van der Waals surface area contributed by atoms with Gasteiger partial charge in [0.2, 0.25) is 0 Å². The molecule has 0 atom stereocenters. The number of aryl methyl sites for hydroxylation is 2. The smallest absolute Gasteiger partial charge is 0.0716 e. The summed E-state index contributed by atoms with van der Waals surface area (Å²) in [7, 11) is 1.73. The quantitative estimate of drug-likeness (QED) is 0.811. The third kappa shape index (κ3) is 4.16. The Labute approximate surface area is 127 Å². The molecular weight excluding hydrogens is 262 g/mol. The Bertz CT molecular complexity index is 563. The van der Waals surface area contributed by atoms with Crippen molar-refractivity contribution in [2.45, 2.75) is 46.5 Å². The Kier molecular flexibility index (Phi) is 5.96. The molecule has 0 unspecified atom stereocenters. The standard InChI is InChI=1S/C17H25N3O/c1-4-16-10-17(20(5-2)19-16)12-18-11-14-8-6-7-9-15(14)13-21-3/h6-10,18H,4-5,11-13H2,1-3H3. The molecule has 0 amide bonds. The fraction of sp³-hybridized carbons (Fsp3) is 0.471. The van der Waals surface area contributed by atoms with Crippen molar-refractivity contribution in [3.05, 3.63) is 52.8 Å². The van der Waals surface area contributed by atoms with E-state index < -0.39 is 0 Å². The van der Waals surface area contributed by atoms with Crippen LogP contribution in [0.3, 0.4) is 0 Å². The number of nitrogens with zero attached hydrogens (tertiary/aromatic N) is 2. The molecule has 0 radical (unpaired) electrons. The van der Waals surface area contributed by atoms with Gasteiger partial charge in [-0.05, 0) is 30.5 Å². The first-order valence-electron chi connectivity index (χ1n) is 7.60. The van der Waals surface area contributed by atoms with Gasteiger partial charge in [-0.1, -0.05) is 31.2 Å². The number of rotatable bonds is 8. The summed E-state index contributed by atoms with van der Waals surface area (Å²) >= 11 is 0. The first-order chi connectivity index (χ1) is 10.3. The molecule has 2 aromatic rings. The van der Waals surface area contributed by atoms with Gasteiger partial charge in [0.25, 0.3) is 0 Å². The molecule has 0 saturated heterocycles. The second-order valence-corrected chi connectivity index (χ2v) is 5.10. The normalized spacial score (nSPS) is 11.0. The monoisotopic (exact) mass is 287 g/mol. The Morgan fingerprint density at radius 1 is 1.14 bits per heavy atom. The van der Waals surface area contributed by atoms with Gasteiger partial charge < -0.3 is 10.1 Å². The van der Waals surface area contributed by atoms with Crippen LogP contribution in [0.5, 0.6) is 0 Å². The number of hydrogen-bond acceptors (Lipinski definition) is 3. The maximum Gasteiger partial charge on any atom is 0.0716 e. The molecule has 0 saturated carbocycles. The fourth-order valence-electron chi connectivity index (χ4n) is 2.46. The lowest BCUT2D eigenvalue weighted by Gasteiger charge is -2.10. The average Bonchev–Trinajstić information content (AvgIpc) is 2.92. The van der Waals surface area contributed by atoms with E-state index in [1.165, 1.54) is 16.8 Å². The molecule has 4 heteroatoms. The third-order valence-electron chi connectivity index (χ3n) is 3.62. The number of hydrogen-bond donors (Lipinski definition) is 1. The van der Waals surface area contributed by atoms with E-state index in [-0.39, 0.29) is 0 Å². The highest BCUT2D eigenvalue weighted by Gasteiger charge is 2.06. The SMILES string of the molecule is CCc1cc(CNCc2ccccc2COC)n(CC)n1. The number of methoxy groups -OCH3 is 1. The van der Waals surface area contributed by atoms with E-state index in [2.05, 4.69) is 59.3 Å². The molecule has 114 valence electrons. The van der Waals surface area contributed by atoms with Gasteiger partial charge in [-0.2, -0.15) is 5.10 Å².